The van der Waals surface area contributed by atoms with Crippen molar-refractivity contribution in [2.24, 2.45) is 0 Å². The fourth-order valence-corrected chi connectivity index (χ4v) is 2.89. The number of unbranched alkanes of at least 4 members (excludes halogenated alkanes) is 2. The minimum Gasteiger partial charge on any atom is -0.326 e. The molecular weight excluding hydrogens is 340 g/mol. The predicted molar refractivity (Wildman–Crippen MR) is 109 cm³/mol. The maximum atomic E-state index is 12.7. The van der Waals surface area contributed by atoms with Gasteiger partial charge < -0.3 is 10.6 Å². The Morgan fingerprint density at radius 1 is 1.07 bits per heavy atom. The van der Waals surface area contributed by atoms with Gasteiger partial charge in [-0.15, -0.1) is 0 Å². The van der Waals surface area contributed by atoms with E-state index in [0.717, 1.165) is 49.3 Å². The van der Waals surface area contributed by atoms with E-state index in [0.29, 0.717) is 17.7 Å². The first-order valence-corrected chi connectivity index (χ1v) is 9.71. The molecule has 2 aromatic rings. The molecule has 1 aromatic heterocycles. The van der Waals surface area contributed by atoms with Gasteiger partial charge in [-0.2, -0.15) is 5.10 Å². The highest BCUT2D eigenvalue weighted by Crippen LogP contribution is 2.21. The SMILES string of the molecule is CCCCC(=O)Nc1cccc(C(=O)Nc2c(C)nn(CCCC)c2C)c1. The second kappa shape index (κ2) is 9.90. The largest absolute Gasteiger partial charge is 0.326 e. The van der Waals surface area contributed by atoms with Crippen LogP contribution < -0.4 is 10.6 Å². The summed E-state index contributed by atoms with van der Waals surface area (Å²) in [4.78, 5) is 24.6. The average Bonchev–Trinajstić information content (AvgIpc) is 2.92. The normalized spacial score (nSPS) is 10.7. The van der Waals surface area contributed by atoms with Crippen molar-refractivity contribution in [1.29, 1.82) is 0 Å². The van der Waals surface area contributed by atoms with Gasteiger partial charge in [0.25, 0.3) is 5.91 Å². The van der Waals surface area contributed by atoms with Crippen LogP contribution in [0, 0.1) is 13.8 Å². The molecule has 2 N–H and O–H groups in total. The van der Waals surface area contributed by atoms with E-state index in [-0.39, 0.29) is 11.8 Å². The molecule has 27 heavy (non-hydrogen) atoms. The van der Waals surface area contributed by atoms with E-state index in [4.69, 9.17) is 0 Å². The number of hydrogen-bond acceptors (Lipinski definition) is 3. The summed E-state index contributed by atoms with van der Waals surface area (Å²) in [5.74, 6) is -0.237. The summed E-state index contributed by atoms with van der Waals surface area (Å²) >= 11 is 0. The molecule has 0 atom stereocenters. The molecule has 1 heterocycles. The Labute approximate surface area is 161 Å². The Morgan fingerprint density at radius 2 is 1.81 bits per heavy atom. The Bertz CT molecular complexity index is 795. The highest BCUT2D eigenvalue weighted by molar-refractivity contribution is 6.05. The number of rotatable bonds is 9. The molecule has 2 amide bonds. The van der Waals surface area contributed by atoms with Gasteiger partial charge in [0.2, 0.25) is 5.91 Å². The van der Waals surface area contributed by atoms with Crippen molar-refractivity contribution >= 4 is 23.2 Å². The molecule has 0 saturated carbocycles. The Balaban J connectivity index is 2.09. The number of carbonyl (C=O) groups is 2. The third-order valence-electron chi connectivity index (χ3n) is 4.51. The first-order chi connectivity index (χ1) is 13.0. The van der Waals surface area contributed by atoms with Crippen molar-refractivity contribution in [3.8, 4) is 0 Å². The summed E-state index contributed by atoms with van der Waals surface area (Å²) in [6.45, 7) is 8.90. The summed E-state index contributed by atoms with van der Waals surface area (Å²) in [6.07, 6.45) is 4.46. The minimum atomic E-state index is -0.208. The number of nitrogens with zero attached hydrogens (tertiary/aromatic N) is 2. The van der Waals surface area contributed by atoms with Gasteiger partial charge in [0.05, 0.1) is 17.1 Å². The zero-order chi connectivity index (χ0) is 19.8. The molecule has 0 bridgehead atoms. The van der Waals surface area contributed by atoms with Crippen LogP contribution >= 0.6 is 0 Å². The molecule has 0 radical (unpaired) electrons. The van der Waals surface area contributed by atoms with E-state index in [1.54, 1.807) is 24.3 Å². The molecule has 6 heteroatoms. The van der Waals surface area contributed by atoms with Crippen molar-refractivity contribution in [2.75, 3.05) is 10.6 Å². The van der Waals surface area contributed by atoms with E-state index >= 15 is 0 Å². The maximum absolute atomic E-state index is 12.7. The minimum absolute atomic E-state index is 0.0294. The first kappa shape index (κ1) is 20.7. The van der Waals surface area contributed by atoms with Crippen LogP contribution in [0.15, 0.2) is 24.3 Å². The van der Waals surface area contributed by atoms with Gasteiger partial charge in [-0.3, -0.25) is 14.3 Å². The Morgan fingerprint density at radius 3 is 2.52 bits per heavy atom. The average molecular weight is 370 g/mol. The highest BCUT2D eigenvalue weighted by atomic mass is 16.2. The second-order valence-electron chi connectivity index (χ2n) is 6.81. The molecule has 0 unspecified atom stereocenters. The van der Waals surface area contributed by atoms with E-state index in [9.17, 15) is 9.59 Å². The van der Waals surface area contributed by atoms with Crippen molar-refractivity contribution in [3.63, 3.8) is 0 Å². The molecule has 0 aliphatic rings. The van der Waals surface area contributed by atoms with Gasteiger partial charge in [-0.05, 0) is 44.9 Å². The summed E-state index contributed by atoms with van der Waals surface area (Å²) in [5, 5.41) is 10.3. The van der Waals surface area contributed by atoms with Crippen LogP contribution in [0.25, 0.3) is 0 Å². The lowest BCUT2D eigenvalue weighted by molar-refractivity contribution is -0.116. The number of aryl methyl sites for hydroxylation is 2. The van der Waals surface area contributed by atoms with Crippen molar-refractivity contribution < 1.29 is 9.59 Å². The third kappa shape index (κ3) is 5.67. The Hall–Kier alpha value is -2.63. The van der Waals surface area contributed by atoms with Crippen LogP contribution in [0.3, 0.4) is 0 Å². The summed E-state index contributed by atoms with van der Waals surface area (Å²) in [5.41, 5.74) is 3.66. The number of carbonyl (C=O) groups excluding carboxylic acids is 2. The second-order valence-corrected chi connectivity index (χ2v) is 6.81. The smallest absolute Gasteiger partial charge is 0.255 e. The molecule has 6 nitrogen and oxygen atoms in total. The van der Waals surface area contributed by atoms with E-state index in [1.165, 1.54) is 0 Å². The highest BCUT2D eigenvalue weighted by Gasteiger charge is 2.15. The van der Waals surface area contributed by atoms with Gasteiger partial charge >= 0.3 is 0 Å². The van der Waals surface area contributed by atoms with Crippen LogP contribution in [-0.4, -0.2) is 21.6 Å². The van der Waals surface area contributed by atoms with Crippen molar-refractivity contribution in [3.05, 3.63) is 41.2 Å². The lowest BCUT2D eigenvalue weighted by Gasteiger charge is -2.09. The van der Waals surface area contributed by atoms with Crippen LogP contribution in [-0.2, 0) is 11.3 Å². The third-order valence-corrected chi connectivity index (χ3v) is 4.51. The molecule has 0 aliphatic heterocycles. The molecule has 2 rings (SSSR count). The Kier molecular flexibility index (Phi) is 7.58. The summed E-state index contributed by atoms with van der Waals surface area (Å²) in [7, 11) is 0. The molecule has 1 aromatic carbocycles. The number of benzene rings is 1. The van der Waals surface area contributed by atoms with Crippen molar-refractivity contribution in [2.45, 2.75) is 66.3 Å². The van der Waals surface area contributed by atoms with Crippen LogP contribution in [0.4, 0.5) is 11.4 Å². The summed E-state index contributed by atoms with van der Waals surface area (Å²) < 4.78 is 1.94. The number of hydrogen-bond donors (Lipinski definition) is 2. The molecule has 0 saturated heterocycles. The fourth-order valence-electron chi connectivity index (χ4n) is 2.89. The standard InChI is InChI=1S/C21H30N4O2/c1-5-7-12-19(26)22-18-11-9-10-17(14-18)21(27)23-20-15(3)24-25(16(20)4)13-8-6-2/h9-11,14H,5-8,12-13H2,1-4H3,(H,22,26)(H,23,27). The van der Waals surface area contributed by atoms with Crippen LogP contribution in [0.1, 0.15) is 67.7 Å². The van der Waals surface area contributed by atoms with Gasteiger partial charge in [0, 0.05) is 24.2 Å². The quantitative estimate of drug-likeness (QED) is 0.673. The first-order valence-electron chi connectivity index (χ1n) is 9.71. The lowest BCUT2D eigenvalue weighted by Crippen LogP contribution is -2.15. The van der Waals surface area contributed by atoms with Gasteiger partial charge in [-0.25, -0.2) is 0 Å². The maximum Gasteiger partial charge on any atom is 0.255 e. The monoisotopic (exact) mass is 370 g/mol. The van der Waals surface area contributed by atoms with E-state index in [1.807, 2.05) is 25.5 Å². The molecule has 0 aliphatic carbocycles. The lowest BCUT2D eigenvalue weighted by atomic mass is 10.1. The van der Waals surface area contributed by atoms with Crippen molar-refractivity contribution in [1.82, 2.24) is 9.78 Å². The van der Waals surface area contributed by atoms with Gasteiger partial charge in [0.1, 0.15) is 0 Å². The fraction of sp³-hybridized carbons (Fsp3) is 0.476. The van der Waals surface area contributed by atoms with Gasteiger partial charge in [-0.1, -0.05) is 32.8 Å². The topological polar surface area (TPSA) is 76.0 Å². The van der Waals surface area contributed by atoms with E-state index in [2.05, 4.69) is 22.7 Å². The summed E-state index contributed by atoms with van der Waals surface area (Å²) in [6, 6.07) is 7.00. The van der Waals surface area contributed by atoms with Gasteiger partial charge in [0.15, 0.2) is 0 Å². The number of amides is 2. The molecule has 0 spiro atoms. The van der Waals surface area contributed by atoms with Crippen LogP contribution in [0.2, 0.25) is 0 Å². The number of anilines is 2. The zero-order valence-corrected chi connectivity index (χ0v) is 16.8. The van der Waals surface area contributed by atoms with E-state index < -0.39 is 0 Å². The number of nitrogens with one attached hydrogen (secondary N) is 2. The zero-order valence-electron chi connectivity index (χ0n) is 16.8. The predicted octanol–water partition coefficient (Wildman–Crippen LogP) is 4.68. The molecule has 146 valence electrons. The van der Waals surface area contributed by atoms with Crippen LogP contribution in [0.5, 0.6) is 0 Å². The number of aromatic nitrogens is 2. The molecular formula is C21H30N4O2. The molecule has 0 fully saturated rings.